The summed E-state index contributed by atoms with van der Waals surface area (Å²) in [7, 11) is 0. The van der Waals surface area contributed by atoms with Gasteiger partial charge in [0, 0.05) is 32.3 Å². The second-order valence-electron chi connectivity index (χ2n) is 7.61. The number of carbonyl (C=O) groups is 2. The van der Waals surface area contributed by atoms with Crippen LogP contribution in [0.2, 0.25) is 5.15 Å². The minimum atomic E-state index is -1.03. The number of nitrogens with zero attached hydrogens (tertiary/aromatic N) is 5. The molecule has 0 radical (unpaired) electrons. The Morgan fingerprint density at radius 1 is 1.32 bits per heavy atom. The third-order valence-corrected chi connectivity index (χ3v) is 4.27. The molecule has 2 aromatic rings. The Morgan fingerprint density at radius 3 is 2.57 bits per heavy atom. The van der Waals surface area contributed by atoms with Gasteiger partial charge in [-0.2, -0.15) is 5.10 Å². The number of hydrogen-bond donors (Lipinski definition) is 1. The summed E-state index contributed by atoms with van der Waals surface area (Å²) in [6.45, 7) is 8.56. The van der Waals surface area contributed by atoms with Crippen molar-refractivity contribution in [2.24, 2.45) is 5.41 Å². The molecule has 152 valence electrons. The molecule has 0 aliphatic rings. The van der Waals surface area contributed by atoms with E-state index >= 15 is 0 Å². The number of aromatic nitrogens is 3. The SMILES string of the molecule is CCN(C(=O)CCN(CC(C)(C)C)C(=O)O)c1cn(-c2cccnc2)nc1Cl. The molecule has 0 fully saturated rings. The maximum absolute atomic E-state index is 12.8. The maximum atomic E-state index is 12.8. The summed E-state index contributed by atoms with van der Waals surface area (Å²) in [5, 5.41) is 13.8. The van der Waals surface area contributed by atoms with Crippen molar-refractivity contribution in [1.29, 1.82) is 0 Å². The number of rotatable bonds is 7. The smallest absolute Gasteiger partial charge is 0.407 e. The second-order valence-corrected chi connectivity index (χ2v) is 7.97. The van der Waals surface area contributed by atoms with E-state index in [0.29, 0.717) is 18.8 Å². The van der Waals surface area contributed by atoms with E-state index < -0.39 is 6.09 Å². The summed E-state index contributed by atoms with van der Waals surface area (Å²) in [4.78, 5) is 31.1. The lowest BCUT2D eigenvalue weighted by atomic mass is 9.96. The Labute approximate surface area is 169 Å². The molecular weight excluding hydrogens is 382 g/mol. The van der Waals surface area contributed by atoms with Gasteiger partial charge in [-0.15, -0.1) is 0 Å². The number of amides is 2. The normalized spacial score (nSPS) is 11.3. The minimum absolute atomic E-state index is 0.0601. The molecule has 2 amide bonds. The molecule has 0 atom stereocenters. The summed E-state index contributed by atoms with van der Waals surface area (Å²) in [6, 6.07) is 3.61. The third kappa shape index (κ3) is 5.69. The molecule has 2 aromatic heterocycles. The van der Waals surface area contributed by atoms with Gasteiger partial charge in [-0.25, -0.2) is 9.48 Å². The molecular formula is C19H26ClN5O3. The molecule has 0 aliphatic carbocycles. The van der Waals surface area contributed by atoms with Gasteiger partial charge in [-0.1, -0.05) is 32.4 Å². The average molecular weight is 408 g/mol. The molecule has 8 nitrogen and oxygen atoms in total. The quantitative estimate of drug-likeness (QED) is 0.755. The Morgan fingerprint density at radius 2 is 2.04 bits per heavy atom. The van der Waals surface area contributed by atoms with Crippen molar-refractivity contribution < 1.29 is 14.7 Å². The first-order valence-corrected chi connectivity index (χ1v) is 9.44. The van der Waals surface area contributed by atoms with Crippen LogP contribution >= 0.6 is 11.6 Å². The van der Waals surface area contributed by atoms with Crippen LogP contribution in [0.1, 0.15) is 34.1 Å². The molecule has 0 bridgehead atoms. The highest BCUT2D eigenvalue weighted by Crippen LogP contribution is 2.26. The lowest BCUT2D eigenvalue weighted by Crippen LogP contribution is -2.40. The van der Waals surface area contributed by atoms with Crippen molar-refractivity contribution in [3.05, 3.63) is 35.9 Å². The molecule has 0 spiro atoms. The summed E-state index contributed by atoms with van der Waals surface area (Å²) in [6.07, 6.45) is 3.99. The van der Waals surface area contributed by atoms with Crippen LogP contribution in [0.25, 0.3) is 5.69 Å². The fourth-order valence-electron chi connectivity index (χ4n) is 2.81. The van der Waals surface area contributed by atoms with E-state index in [-0.39, 0.29) is 29.4 Å². The summed E-state index contributed by atoms with van der Waals surface area (Å²) >= 11 is 6.26. The standard InChI is InChI=1S/C19H26ClN5O3/c1-5-24(16(26)8-10-23(18(27)28)13-19(2,3)4)15-12-25(22-17(15)20)14-7-6-9-21-11-14/h6-7,9,11-12H,5,8,10,13H2,1-4H3,(H,27,28). The molecule has 0 saturated heterocycles. The average Bonchev–Trinajstić information content (AvgIpc) is 3.00. The predicted molar refractivity (Wildman–Crippen MR) is 108 cm³/mol. The van der Waals surface area contributed by atoms with Crippen LogP contribution in [0.15, 0.2) is 30.7 Å². The van der Waals surface area contributed by atoms with Crippen LogP contribution in [-0.4, -0.2) is 56.4 Å². The van der Waals surface area contributed by atoms with Crippen LogP contribution in [0.3, 0.4) is 0 Å². The second kappa shape index (κ2) is 9.05. The van der Waals surface area contributed by atoms with Crippen LogP contribution in [-0.2, 0) is 4.79 Å². The van der Waals surface area contributed by atoms with Crippen molar-refractivity contribution in [3.8, 4) is 5.69 Å². The van der Waals surface area contributed by atoms with Gasteiger partial charge in [0.1, 0.15) is 5.69 Å². The van der Waals surface area contributed by atoms with Crippen LogP contribution in [0, 0.1) is 5.41 Å². The Bertz CT molecular complexity index is 817. The molecule has 2 heterocycles. The Kier molecular flexibility index (Phi) is 7.01. The van der Waals surface area contributed by atoms with E-state index in [9.17, 15) is 14.7 Å². The first-order chi connectivity index (χ1) is 13.1. The van der Waals surface area contributed by atoms with Gasteiger partial charge in [-0.05, 0) is 24.5 Å². The molecule has 28 heavy (non-hydrogen) atoms. The highest BCUT2D eigenvalue weighted by atomic mass is 35.5. The largest absolute Gasteiger partial charge is 0.465 e. The van der Waals surface area contributed by atoms with E-state index in [1.54, 1.807) is 29.3 Å². The minimum Gasteiger partial charge on any atom is -0.465 e. The van der Waals surface area contributed by atoms with Gasteiger partial charge in [0.2, 0.25) is 5.91 Å². The number of anilines is 1. The Balaban J connectivity index is 2.13. The zero-order valence-corrected chi connectivity index (χ0v) is 17.3. The third-order valence-electron chi connectivity index (χ3n) is 4.00. The van der Waals surface area contributed by atoms with Crippen LogP contribution in [0.5, 0.6) is 0 Å². The first-order valence-electron chi connectivity index (χ1n) is 9.06. The molecule has 0 saturated carbocycles. The van der Waals surface area contributed by atoms with Crippen molar-refractivity contribution in [2.75, 3.05) is 24.5 Å². The van der Waals surface area contributed by atoms with Gasteiger partial charge in [-0.3, -0.25) is 9.78 Å². The number of hydrogen-bond acceptors (Lipinski definition) is 4. The van der Waals surface area contributed by atoms with E-state index in [4.69, 9.17) is 11.6 Å². The lowest BCUT2D eigenvalue weighted by molar-refractivity contribution is -0.118. The summed E-state index contributed by atoms with van der Waals surface area (Å²) < 4.78 is 1.56. The van der Waals surface area contributed by atoms with Gasteiger partial charge in [0.05, 0.1) is 18.1 Å². The van der Waals surface area contributed by atoms with Crippen LogP contribution in [0.4, 0.5) is 10.5 Å². The highest BCUT2D eigenvalue weighted by molar-refractivity contribution is 6.32. The molecule has 2 rings (SSSR count). The number of carboxylic acid groups (broad SMARTS) is 1. The maximum Gasteiger partial charge on any atom is 0.407 e. The molecule has 1 N–H and O–H groups in total. The molecule has 0 aliphatic heterocycles. The highest BCUT2D eigenvalue weighted by Gasteiger charge is 2.24. The number of pyridine rings is 1. The van der Waals surface area contributed by atoms with Gasteiger partial charge >= 0.3 is 6.09 Å². The fourth-order valence-corrected chi connectivity index (χ4v) is 3.04. The van der Waals surface area contributed by atoms with E-state index in [1.165, 1.54) is 9.80 Å². The van der Waals surface area contributed by atoms with E-state index in [0.717, 1.165) is 5.69 Å². The predicted octanol–water partition coefficient (Wildman–Crippen LogP) is 3.69. The van der Waals surface area contributed by atoms with Crippen molar-refractivity contribution in [1.82, 2.24) is 19.7 Å². The van der Waals surface area contributed by atoms with Crippen molar-refractivity contribution in [3.63, 3.8) is 0 Å². The van der Waals surface area contributed by atoms with E-state index in [1.807, 2.05) is 33.8 Å². The van der Waals surface area contributed by atoms with Gasteiger partial charge in [0.25, 0.3) is 0 Å². The monoisotopic (exact) mass is 407 g/mol. The topological polar surface area (TPSA) is 91.6 Å². The zero-order valence-electron chi connectivity index (χ0n) is 16.6. The van der Waals surface area contributed by atoms with Gasteiger partial charge < -0.3 is 14.9 Å². The van der Waals surface area contributed by atoms with Gasteiger partial charge in [0.15, 0.2) is 5.15 Å². The van der Waals surface area contributed by atoms with E-state index in [2.05, 4.69) is 10.1 Å². The summed E-state index contributed by atoms with van der Waals surface area (Å²) in [5.74, 6) is -0.213. The molecule has 9 heteroatoms. The lowest BCUT2D eigenvalue weighted by Gasteiger charge is -2.28. The van der Waals surface area contributed by atoms with Crippen LogP contribution < -0.4 is 4.90 Å². The number of halogens is 1. The summed E-state index contributed by atoms with van der Waals surface area (Å²) in [5.41, 5.74) is 1.01. The molecule has 0 unspecified atom stereocenters. The first kappa shape index (κ1) is 21.7. The van der Waals surface area contributed by atoms with Crippen molar-refractivity contribution in [2.45, 2.75) is 34.1 Å². The zero-order chi connectivity index (χ0) is 20.9. The Hall–Kier alpha value is -2.61. The molecule has 0 aromatic carbocycles. The fraction of sp³-hybridized carbons (Fsp3) is 0.474. The van der Waals surface area contributed by atoms with Crippen molar-refractivity contribution >= 4 is 29.3 Å². The number of carbonyl (C=O) groups excluding carboxylic acids is 1.